The van der Waals surface area contributed by atoms with Gasteiger partial charge in [-0.25, -0.2) is 4.39 Å². The predicted octanol–water partition coefficient (Wildman–Crippen LogP) is 5.52. The molecular formula is C28H32FNO2. The topological polar surface area (TPSA) is 49.3 Å². The Balaban J connectivity index is 1.70. The van der Waals surface area contributed by atoms with E-state index in [4.69, 9.17) is 0 Å². The number of anilines is 1. The van der Waals surface area contributed by atoms with Gasteiger partial charge in [-0.1, -0.05) is 24.5 Å². The highest BCUT2D eigenvalue weighted by molar-refractivity contribution is 5.93. The van der Waals surface area contributed by atoms with Gasteiger partial charge in [-0.15, -0.1) is 5.92 Å². The van der Waals surface area contributed by atoms with Gasteiger partial charge in [0.2, 0.25) is 0 Å². The molecule has 5 atom stereocenters. The summed E-state index contributed by atoms with van der Waals surface area (Å²) in [6.07, 6.45) is 7.49. The van der Waals surface area contributed by atoms with Crippen LogP contribution in [0.3, 0.4) is 0 Å². The van der Waals surface area contributed by atoms with E-state index in [1.807, 2.05) is 18.2 Å². The molecule has 4 aliphatic rings. The Hall–Kier alpha value is -2.38. The van der Waals surface area contributed by atoms with Crippen molar-refractivity contribution in [1.29, 1.82) is 0 Å². The van der Waals surface area contributed by atoms with E-state index < -0.39 is 5.60 Å². The summed E-state index contributed by atoms with van der Waals surface area (Å²) < 4.78 is 14.8. The summed E-state index contributed by atoms with van der Waals surface area (Å²) in [7, 11) is 1.73. The Bertz CT molecular complexity index is 1110. The summed E-state index contributed by atoms with van der Waals surface area (Å²) in [5, 5.41) is 14.6. The summed E-state index contributed by atoms with van der Waals surface area (Å²) in [6.45, 7) is 4.00. The first-order valence-electron chi connectivity index (χ1n) is 11.9. The minimum absolute atomic E-state index is 0.0249. The van der Waals surface area contributed by atoms with E-state index >= 15 is 0 Å². The van der Waals surface area contributed by atoms with E-state index in [-0.39, 0.29) is 22.9 Å². The van der Waals surface area contributed by atoms with Crippen molar-refractivity contribution in [2.45, 2.75) is 70.3 Å². The number of fused-ring (bicyclic) bond motifs is 4. The average Bonchev–Trinajstić information content (AvgIpc) is 3.03. The van der Waals surface area contributed by atoms with Gasteiger partial charge >= 0.3 is 0 Å². The lowest BCUT2D eigenvalue weighted by molar-refractivity contribution is -0.114. The van der Waals surface area contributed by atoms with Crippen LogP contribution in [-0.2, 0) is 4.79 Å². The molecule has 4 heteroatoms. The Labute approximate surface area is 190 Å². The second kappa shape index (κ2) is 7.59. The van der Waals surface area contributed by atoms with Crippen molar-refractivity contribution in [3.05, 3.63) is 52.4 Å². The van der Waals surface area contributed by atoms with Crippen molar-refractivity contribution in [2.75, 3.05) is 12.4 Å². The molecule has 168 valence electrons. The van der Waals surface area contributed by atoms with Crippen LogP contribution >= 0.6 is 0 Å². The highest BCUT2D eigenvalue weighted by atomic mass is 19.1. The summed E-state index contributed by atoms with van der Waals surface area (Å²) in [5.74, 6) is 6.85. The predicted molar refractivity (Wildman–Crippen MR) is 125 cm³/mol. The molecule has 4 aliphatic carbocycles. The molecule has 0 heterocycles. The number of halogens is 1. The molecule has 0 amide bonds. The monoisotopic (exact) mass is 433 g/mol. The van der Waals surface area contributed by atoms with Crippen LogP contribution in [0.15, 0.2) is 41.0 Å². The minimum Gasteiger partial charge on any atom is -0.386 e. The number of hydrogen-bond donors (Lipinski definition) is 2. The third kappa shape index (κ3) is 3.01. The van der Waals surface area contributed by atoms with Crippen molar-refractivity contribution < 1.29 is 14.3 Å². The van der Waals surface area contributed by atoms with Gasteiger partial charge < -0.3 is 10.4 Å². The molecule has 32 heavy (non-hydrogen) atoms. The SMILES string of the molecule is CC#CC1(O)CCC2C3CCC4=CC(=O)CCC4=C3C(c3ccc(NC)c(F)c3)CC21C. The number of carbonyl (C=O) groups excluding carboxylic acids is 1. The summed E-state index contributed by atoms with van der Waals surface area (Å²) in [6, 6.07) is 5.51. The number of nitrogens with one attached hydrogen (secondary N) is 1. The molecule has 5 unspecified atom stereocenters. The molecule has 0 aromatic heterocycles. The second-order valence-corrected chi connectivity index (χ2v) is 10.3. The van der Waals surface area contributed by atoms with Crippen LogP contribution in [0.4, 0.5) is 10.1 Å². The van der Waals surface area contributed by atoms with Gasteiger partial charge in [0.05, 0.1) is 5.69 Å². The Morgan fingerprint density at radius 1 is 1.22 bits per heavy atom. The molecule has 2 saturated carbocycles. The molecule has 2 N–H and O–H groups in total. The normalized spacial score (nSPS) is 35.8. The van der Waals surface area contributed by atoms with Gasteiger partial charge in [0.15, 0.2) is 5.78 Å². The zero-order chi connectivity index (χ0) is 22.7. The third-order valence-electron chi connectivity index (χ3n) is 8.88. The van der Waals surface area contributed by atoms with Crippen LogP contribution in [0.5, 0.6) is 0 Å². The fraction of sp³-hybridized carbons (Fsp3) is 0.536. The van der Waals surface area contributed by atoms with E-state index in [9.17, 15) is 14.3 Å². The number of rotatable bonds is 2. The first-order chi connectivity index (χ1) is 15.3. The maximum atomic E-state index is 14.8. The first-order valence-corrected chi connectivity index (χ1v) is 11.9. The Morgan fingerprint density at radius 3 is 2.75 bits per heavy atom. The smallest absolute Gasteiger partial charge is 0.156 e. The lowest BCUT2D eigenvalue weighted by Crippen LogP contribution is -2.51. The highest BCUT2D eigenvalue weighted by Crippen LogP contribution is 2.66. The Morgan fingerprint density at radius 2 is 2.03 bits per heavy atom. The van der Waals surface area contributed by atoms with E-state index in [0.29, 0.717) is 30.4 Å². The summed E-state index contributed by atoms with van der Waals surface area (Å²) >= 11 is 0. The van der Waals surface area contributed by atoms with Crippen LogP contribution in [0.1, 0.15) is 70.3 Å². The van der Waals surface area contributed by atoms with E-state index in [0.717, 1.165) is 37.7 Å². The quantitative estimate of drug-likeness (QED) is 0.604. The largest absolute Gasteiger partial charge is 0.386 e. The van der Waals surface area contributed by atoms with Gasteiger partial charge in [0, 0.05) is 24.8 Å². The van der Waals surface area contributed by atoms with Crippen molar-refractivity contribution in [3.8, 4) is 11.8 Å². The van der Waals surface area contributed by atoms with Gasteiger partial charge in [0.1, 0.15) is 11.4 Å². The highest BCUT2D eigenvalue weighted by Gasteiger charge is 2.62. The molecule has 2 fully saturated rings. The van der Waals surface area contributed by atoms with Crippen molar-refractivity contribution >= 4 is 11.5 Å². The van der Waals surface area contributed by atoms with Crippen LogP contribution in [0.2, 0.25) is 0 Å². The lowest BCUT2D eigenvalue weighted by atomic mass is 9.51. The number of benzene rings is 1. The van der Waals surface area contributed by atoms with E-state index in [2.05, 4.69) is 24.1 Å². The fourth-order valence-corrected chi connectivity index (χ4v) is 7.33. The van der Waals surface area contributed by atoms with Gasteiger partial charge in [-0.3, -0.25) is 4.79 Å². The fourth-order valence-electron chi connectivity index (χ4n) is 7.33. The van der Waals surface area contributed by atoms with Gasteiger partial charge in [-0.2, -0.15) is 0 Å². The van der Waals surface area contributed by atoms with Crippen LogP contribution in [0.25, 0.3) is 0 Å². The van der Waals surface area contributed by atoms with Crippen LogP contribution < -0.4 is 5.32 Å². The van der Waals surface area contributed by atoms with Crippen molar-refractivity contribution in [3.63, 3.8) is 0 Å². The lowest BCUT2D eigenvalue weighted by Gasteiger charge is -2.53. The van der Waals surface area contributed by atoms with E-state index in [1.165, 1.54) is 16.7 Å². The van der Waals surface area contributed by atoms with Crippen molar-refractivity contribution in [1.82, 2.24) is 0 Å². The van der Waals surface area contributed by atoms with Crippen molar-refractivity contribution in [2.24, 2.45) is 17.3 Å². The standard InChI is InChI=1S/C28H32FNO2/c1-4-12-28(32)13-11-23-21-8-5-17-14-19(31)7-9-20(17)26(21)22(16-27(23,28)2)18-6-10-25(30-3)24(29)15-18/h6,10,14-15,21-23,30,32H,5,7-9,11,13,16H2,1-3H3. The molecule has 0 bridgehead atoms. The van der Waals surface area contributed by atoms with E-state index in [1.54, 1.807) is 20.0 Å². The second-order valence-electron chi connectivity index (χ2n) is 10.3. The number of ketones is 1. The number of hydrogen-bond acceptors (Lipinski definition) is 3. The van der Waals surface area contributed by atoms with Gasteiger partial charge in [-0.05, 0) is 92.2 Å². The molecule has 0 radical (unpaired) electrons. The number of aliphatic hydroxyl groups is 1. The molecule has 5 rings (SSSR count). The number of carbonyl (C=O) groups is 1. The third-order valence-corrected chi connectivity index (χ3v) is 8.88. The van der Waals surface area contributed by atoms with Crippen LogP contribution in [0, 0.1) is 34.9 Å². The van der Waals surface area contributed by atoms with Gasteiger partial charge in [0.25, 0.3) is 0 Å². The zero-order valence-electron chi connectivity index (χ0n) is 19.2. The maximum absolute atomic E-state index is 14.8. The number of allylic oxidation sites excluding steroid dienone is 4. The molecule has 0 aliphatic heterocycles. The van der Waals surface area contributed by atoms with Crippen LogP contribution in [-0.4, -0.2) is 23.5 Å². The molecule has 0 saturated heterocycles. The first kappa shape index (κ1) is 21.5. The minimum atomic E-state index is -1.01. The molecular weight excluding hydrogens is 401 g/mol. The molecule has 0 spiro atoms. The molecule has 1 aromatic rings. The average molecular weight is 434 g/mol. The molecule has 3 nitrogen and oxygen atoms in total. The Kier molecular flexibility index (Phi) is 5.09. The summed E-state index contributed by atoms with van der Waals surface area (Å²) in [5.41, 5.74) is 4.03. The maximum Gasteiger partial charge on any atom is 0.156 e. The zero-order valence-corrected chi connectivity index (χ0v) is 19.2. The summed E-state index contributed by atoms with van der Waals surface area (Å²) in [4.78, 5) is 12.1. The molecule has 1 aromatic carbocycles.